The number of nitrogens with zero attached hydrogens (tertiary/aromatic N) is 3. The first-order valence-electron chi connectivity index (χ1n) is 10.9. The third kappa shape index (κ3) is 5.17. The Hall–Kier alpha value is -2.98. The minimum Gasteiger partial charge on any atom is -0.494 e. The maximum absolute atomic E-state index is 13.4. The number of carbonyl (C=O) groups excluding carboxylic acids is 1. The molecular weight excluding hydrogens is 444 g/mol. The minimum absolute atomic E-state index is 0.0891. The first-order valence-corrected chi connectivity index (χ1v) is 12.1. The minimum atomic E-state index is -2.05. The summed E-state index contributed by atoms with van der Waals surface area (Å²) in [5, 5.41) is 2.84. The van der Waals surface area contributed by atoms with E-state index in [2.05, 4.69) is 10.3 Å². The van der Waals surface area contributed by atoms with Crippen LogP contribution in [-0.2, 0) is 11.1 Å². The molecule has 1 aromatic carbocycles. The average Bonchev–Trinajstić information content (AvgIpc) is 3.04. The zero-order valence-corrected chi connectivity index (χ0v) is 20.3. The Kier molecular flexibility index (Phi) is 7.38. The Morgan fingerprint density at radius 3 is 2.64 bits per heavy atom. The van der Waals surface area contributed by atoms with Crippen LogP contribution in [-0.4, -0.2) is 46.7 Å². The van der Waals surface area contributed by atoms with E-state index in [9.17, 15) is 18.4 Å². The smallest absolute Gasteiger partial charge is 0.335 e. The predicted molar refractivity (Wildman–Crippen MR) is 129 cm³/mol. The van der Waals surface area contributed by atoms with Gasteiger partial charge in [-0.3, -0.25) is 9.36 Å². The molecular formula is C23H30N4O5S. The standard InChI is InChI=1S/C23H30N4O5S/c1-6-23(5,14-33(30)31)25-21(28)16-11-19-20(24-13-16)27(22(29)26(19)15(3)4)17-9-8-10-18(12-17)32-7-2/h8-13,15H,6-7,14H2,1-5H3,(H,25,28)(H,30,31)/t23-/m0/s1. The van der Waals surface area contributed by atoms with Crippen molar-refractivity contribution in [2.75, 3.05) is 12.4 Å². The molecule has 0 fully saturated rings. The van der Waals surface area contributed by atoms with E-state index in [0.717, 1.165) is 0 Å². The molecule has 3 aromatic rings. The van der Waals surface area contributed by atoms with Crippen molar-refractivity contribution >= 4 is 28.2 Å². The SMILES string of the molecule is CCOc1cccc(-n2c(=O)n(C(C)C)c3cc(C(=O)N[C@@](C)(CC)CS(=O)O)cnc32)c1. The van der Waals surface area contributed by atoms with Gasteiger partial charge >= 0.3 is 5.69 Å². The monoisotopic (exact) mass is 474 g/mol. The molecule has 0 saturated carbocycles. The summed E-state index contributed by atoms with van der Waals surface area (Å²) in [5.74, 6) is 0.130. The van der Waals surface area contributed by atoms with E-state index >= 15 is 0 Å². The van der Waals surface area contributed by atoms with Crippen molar-refractivity contribution in [3.8, 4) is 11.4 Å². The second-order valence-electron chi connectivity index (χ2n) is 8.41. The number of rotatable bonds is 9. The highest BCUT2D eigenvalue weighted by molar-refractivity contribution is 7.79. The molecule has 0 bridgehead atoms. The fourth-order valence-electron chi connectivity index (χ4n) is 3.68. The highest BCUT2D eigenvalue weighted by Crippen LogP contribution is 2.23. The van der Waals surface area contributed by atoms with Crippen LogP contribution in [0.3, 0.4) is 0 Å². The van der Waals surface area contributed by atoms with Crippen LogP contribution in [0.2, 0.25) is 0 Å². The van der Waals surface area contributed by atoms with Crippen LogP contribution >= 0.6 is 0 Å². The van der Waals surface area contributed by atoms with Gasteiger partial charge in [-0.05, 0) is 52.3 Å². The van der Waals surface area contributed by atoms with Crippen LogP contribution in [0.1, 0.15) is 57.4 Å². The topological polar surface area (TPSA) is 115 Å². The van der Waals surface area contributed by atoms with Crippen LogP contribution in [0.4, 0.5) is 0 Å². The maximum Gasteiger partial charge on any atom is 0.335 e. The lowest BCUT2D eigenvalue weighted by Gasteiger charge is -2.28. The number of aromatic nitrogens is 3. The molecule has 0 aliphatic heterocycles. The first-order chi connectivity index (χ1) is 15.6. The predicted octanol–water partition coefficient (Wildman–Crippen LogP) is 3.29. The second kappa shape index (κ2) is 9.88. The van der Waals surface area contributed by atoms with Gasteiger partial charge in [0.1, 0.15) is 5.75 Å². The Morgan fingerprint density at radius 1 is 1.30 bits per heavy atom. The summed E-state index contributed by atoms with van der Waals surface area (Å²) >= 11 is -2.05. The molecule has 9 nitrogen and oxygen atoms in total. The normalized spacial score (nSPS) is 14.3. The summed E-state index contributed by atoms with van der Waals surface area (Å²) in [5.41, 5.74) is 0.703. The number of ether oxygens (including phenoxy) is 1. The molecule has 2 N–H and O–H groups in total. The van der Waals surface area contributed by atoms with E-state index in [1.165, 1.54) is 10.8 Å². The number of imidazole rings is 1. The Balaban J connectivity index is 2.11. The summed E-state index contributed by atoms with van der Waals surface area (Å²) in [7, 11) is 0. The van der Waals surface area contributed by atoms with E-state index in [-0.39, 0.29) is 23.0 Å². The van der Waals surface area contributed by atoms with Crippen LogP contribution in [0.5, 0.6) is 5.75 Å². The molecule has 3 rings (SSSR count). The van der Waals surface area contributed by atoms with Crippen molar-refractivity contribution in [1.82, 2.24) is 19.4 Å². The number of carbonyl (C=O) groups is 1. The first kappa shape index (κ1) is 24.7. The van der Waals surface area contributed by atoms with Crippen LogP contribution in [0.25, 0.3) is 16.9 Å². The van der Waals surface area contributed by atoms with Gasteiger partial charge in [-0.2, -0.15) is 0 Å². The number of hydrogen-bond donors (Lipinski definition) is 2. The second-order valence-corrected chi connectivity index (χ2v) is 9.34. The molecule has 2 aromatic heterocycles. The number of hydrogen-bond acceptors (Lipinski definition) is 5. The lowest BCUT2D eigenvalue weighted by molar-refractivity contribution is 0.0912. The van der Waals surface area contributed by atoms with Crippen molar-refractivity contribution in [2.45, 2.75) is 52.6 Å². The fourth-order valence-corrected chi connectivity index (χ4v) is 4.50. The zero-order valence-electron chi connectivity index (χ0n) is 19.5. The largest absolute Gasteiger partial charge is 0.494 e. The van der Waals surface area contributed by atoms with Gasteiger partial charge in [0.15, 0.2) is 16.7 Å². The van der Waals surface area contributed by atoms with E-state index < -0.39 is 22.5 Å². The Morgan fingerprint density at radius 2 is 2.03 bits per heavy atom. The van der Waals surface area contributed by atoms with Crippen molar-refractivity contribution in [1.29, 1.82) is 0 Å². The fraction of sp³-hybridized carbons (Fsp3) is 0.435. The summed E-state index contributed by atoms with van der Waals surface area (Å²) in [6.07, 6.45) is 1.89. The Bertz CT molecular complexity index is 1250. The van der Waals surface area contributed by atoms with Crippen molar-refractivity contribution in [2.24, 2.45) is 0 Å². The van der Waals surface area contributed by atoms with Gasteiger partial charge in [-0.15, -0.1) is 0 Å². The highest BCUT2D eigenvalue weighted by atomic mass is 32.2. The van der Waals surface area contributed by atoms with Gasteiger partial charge in [0.05, 0.1) is 34.7 Å². The van der Waals surface area contributed by atoms with Crippen molar-refractivity contribution in [3.63, 3.8) is 0 Å². The lowest BCUT2D eigenvalue weighted by Crippen LogP contribution is -2.49. The summed E-state index contributed by atoms with van der Waals surface area (Å²) < 4.78 is 29.3. The average molecular weight is 475 g/mol. The van der Waals surface area contributed by atoms with Crippen molar-refractivity contribution < 1.29 is 18.3 Å². The molecule has 0 aliphatic carbocycles. The molecule has 178 valence electrons. The van der Waals surface area contributed by atoms with Crippen LogP contribution in [0, 0.1) is 0 Å². The van der Waals surface area contributed by atoms with Gasteiger partial charge in [-0.1, -0.05) is 13.0 Å². The number of nitrogens with one attached hydrogen (secondary N) is 1. The van der Waals surface area contributed by atoms with Gasteiger partial charge in [0.2, 0.25) is 0 Å². The van der Waals surface area contributed by atoms with Crippen LogP contribution < -0.4 is 15.7 Å². The van der Waals surface area contributed by atoms with E-state index in [1.807, 2.05) is 39.8 Å². The zero-order chi connectivity index (χ0) is 24.3. The molecule has 1 unspecified atom stereocenters. The molecule has 2 atom stereocenters. The molecule has 33 heavy (non-hydrogen) atoms. The van der Waals surface area contributed by atoms with Gasteiger partial charge in [0, 0.05) is 18.3 Å². The van der Waals surface area contributed by atoms with E-state index in [0.29, 0.717) is 35.6 Å². The molecule has 2 heterocycles. The maximum atomic E-state index is 13.4. The molecule has 1 amide bonds. The van der Waals surface area contributed by atoms with Gasteiger partial charge in [0.25, 0.3) is 5.91 Å². The van der Waals surface area contributed by atoms with E-state index in [1.54, 1.807) is 29.7 Å². The molecule has 0 spiro atoms. The molecule has 0 saturated heterocycles. The molecule has 0 aliphatic rings. The third-order valence-corrected chi connectivity index (χ3v) is 6.40. The number of pyridine rings is 1. The van der Waals surface area contributed by atoms with Gasteiger partial charge in [-0.25, -0.2) is 18.6 Å². The number of benzene rings is 1. The molecule has 10 heteroatoms. The molecule has 0 radical (unpaired) electrons. The lowest BCUT2D eigenvalue weighted by atomic mass is 10.0. The van der Waals surface area contributed by atoms with Crippen molar-refractivity contribution in [3.05, 3.63) is 52.6 Å². The summed E-state index contributed by atoms with van der Waals surface area (Å²) in [6, 6.07) is 8.67. The highest BCUT2D eigenvalue weighted by Gasteiger charge is 2.28. The third-order valence-electron chi connectivity index (χ3n) is 5.52. The summed E-state index contributed by atoms with van der Waals surface area (Å²) in [4.78, 5) is 30.8. The quantitative estimate of drug-likeness (QED) is 0.460. The summed E-state index contributed by atoms with van der Waals surface area (Å²) in [6.45, 7) is 9.72. The van der Waals surface area contributed by atoms with E-state index in [4.69, 9.17) is 4.74 Å². The Labute approximate surface area is 195 Å². The van der Waals surface area contributed by atoms with Gasteiger partial charge < -0.3 is 14.6 Å². The number of fused-ring (bicyclic) bond motifs is 1. The van der Waals surface area contributed by atoms with Crippen LogP contribution in [0.15, 0.2) is 41.3 Å². The number of amides is 1.